The molecule has 52 heavy (non-hydrogen) atoms. The predicted octanol–water partition coefficient (Wildman–Crippen LogP) is 2.88. The molecule has 2 saturated heterocycles. The van der Waals surface area contributed by atoms with Gasteiger partial charge in [-0.15, -0.1) is 0 Å². The van der Waals surface area contributed by atoms with Gasteiger partial charge in [-0.05, 0) is 50.9 Å². The Kier molecular flexibility index (Phi) is 8.04. The number of nitrogens with one attached hydrogen (secondary N) is 2. The maximum atomic E-state index is 14.0. The number of imide groups is 2. The van der Waals surface area contributed by atoms with Crippen molar-refractivity contribution in [2.45, 2.75) is 25.7 Å². The minimum absolute atomic E-state index is 0.245. The third-order valence-corrected chi connectivity index (χ3v) is 11.8. The Balaban J connectivity index is 1.17. The summed E-state index contributed by atoms with van der Waals surface area (Å²) in [6.07, 6.45) is 2.92. The largest absolute Gasteiger partial charge is 0.364 e. The number of aromatic nitrogens is 2. The van der Waals surface area contributed by atoms with Crippen LogP contribution in [0.15, 0.2) is 59.9 Å². The summed E-state index contributed by atoms with van der Waals surface area (Å²) in [4.78, 5) is 74.6. The molecule has 12 heteroatoms. The molecule has 12 nitrogen and oxygen atoms in total. The van der Waals surface area contributed by atoms with Crippen LogP contribution in [0.2, 0.25) is 0 Å². The number of fused-ring (bicyclic) bond motifs is 4. The first-order valence-electron chi connectivity index (χ1n) is 18.6. The second-order valence-corrected chi connectivity index (χ2v) is 14.7. The first kappa shape index (κ1) is 32.7. The first-order valence-corrected chi connectivity index (χ1v) is 18.6. The van der Waals surface area contributed by atoms with Gasteiger partial charge in [-0.2, -0.15) is 0 Å². The van der Waals surface area contributed by atoms with Crippen molar-refractivity contribution in [1.82, 2.24) is 39.4 Å². The molecule has 11 rings (SSSR count). The first-order chi connectivity index (χ1) is 25.3. The van der Waals surface area contributed by atoms with Crippen molar-refractivity contribution in [3.8, 4) is 0 Å². The van der Waals surface area contributed by atoms with E-state index in [1.807, 2.05) is 48.5 Å². The number of benzene rings is 2. The number of nitrogens with zero attached hydrogens (tertiary/aromatic N) is 6. The van der Waals surface area contributed by atoms with E-state index < -0.39 is 0 Å². The summed E-state index contributed by atoms with van der Waals surface area (Å²) in [5.41, 5.74) is 7.23. The number of H-pyrrole nitrogens is 2. The number of carbonyl (C=O) groups excluding carboxylic acids is 4. The molecule has 4 aromatic rings. The maximum Gasteiger partial charge on any atom is 0.277 e. The van der Waals surface area contributed by atoms with Crippen LogP contribution in [0.25, 0.3) is 33.0 Å². The number of likely N-dealkylation sites (N-methyl/N-ethyl adjacent to an activating group) is 2. The molecule has 7 aliphatic heterocycles. The molecule has 0 saturated carbocycles. The van der Waals surface area contributed by atoms with Gasteiger partial charge < -0.3 is 19.8 Å². The molecule has 0 unspecified atom stereocenters. The Hall–Kier alpha value is -5.20. The zero-order valence-electron chi connectivity index (χ0n) is 29.8. The minimum Gasteiger partial charge on any atom is -0.364 e. The van der Waals surface area contributed by atoms with Crippen molar-refractivity contribution in [2.75, 3.05) is 79.5 Å². The molecule has 0 aliphatic carbocycles. The number of amides is 4. The van der Waals surface area contributed by atoms with Gasteiger partial charge in [0.15, 0.2) is 0 Å². The highest BCUT2D eigenvalue weighted by Crippen LogP contribution is 2.40. The standard InChI is InChI=1S/C40H44N8O4/c1-43-37(49)33-31-25-9-3-5-11-27(25)41-29(31)13-7-14-30-32(26-10-4-6-12-28(26)42-30)34-36(40(52)44(2)38(34)50)48-23-19-46(20-24-48)16-8-15-45-17-21-47(22-18-45)35(33)39(43)51/h3-6,9-12,41-42H,7-8,13-24H2,1-2H3. The van der Waals surface area contributed by atoms with Crippen LogP contribution in [0.3, 0.4) is 0 Å². The molecule has 2 fully saturated rings. The molecule has 2 N–H and O–H groups in total. The van der Waals surface area contributed by atoms with Crippen molar-refractivity contribution in [2.24, 2.45) is 0 Å². The number of hydrogen-bond acceptors (Lipinski definition) is 8. The molecule has 9 heterocycles. The Morgan fingerprint density at radius 2 is 0.885 bits per heavy atom. The fraction of sp³-hybridized carbons (Fsp3) is 0.400. The molecule has 0 radical (unpaired) electrons. The zero-order chi connectivity index (χ0) is 35.7. The fourth-order valence-corrected chi connectivity index (χ4v) is 8.98. The monoisotopic (exact) mass is 700 g/mol. The second-order valence-electron chi connectivity index (χ2n) is 14.7. The van der Waals surface area contributed by atoms with Crippen LogP contribution in [0, 0.1) is 0 Å². The van der Waals surface area contributed by atoms with Crippen LogP contribution in [0.1, 0.15) is 35.4 Å². The van der Waals surface area contributed by atoms with Gasteiger partial charge in [0.2, 0.25) is 0 Å². The molecule has 0 spiro atoms. The van der Waals surface area contributed by atoms with Gasteiger partial charge in [0.1, 0.15) is 11.4 Å². The molecule has 7 aliphatic rings. The summed E-state index contributed by atoms with van der Waals surface area (Å²) in [6, 6.07) is 16.0. The van der Waals surface area contributed by atoms with Crippen molar-refractivity contribution < 1.29 is 19.2 Å². The van der Waals surface area contributed by atoms with E-state index in [1.165, 1.54) is 9.80 Å². The molecule has 2 aromatic carbocycles. The molecule has 2 aromatic heterocycles. The smallest absolute Gasteiger partial charge is 0.277 e. The highest BCUT2D eigenvalue weighted by molar-refractivity contribution is 6.38. The van der Waals surface area contributed by atoms with Crippen LogP contribution in [-0.2, 0) is 32.0 Å². The van der Waals surface area contributed by atoms with Crippen molar-refractivity contribution in [3.63, 3.8) is 0 Å². The van der Waals surface area contributed by atoms with E-state index in [9.17, 15) is 19.2 Å². The highest BCUT2D eigenvalue weighted by atomic mass is 16.2. The van der Waals surface area contributed by atoms with Gasteiger partial charge >= 0.3 is 0 Å². The van der Waals surface area contributed by atoms with Crippen LogP contribution in [-0.4, -0.2) is 143 Å². The zero-order valence-corrected chi connectivity index (χ0v) is 29.8. The third kappa shape index (κ3) is 5.18. The number of aryl methyl sites for hydroxylation is 2. The Labute approximate surface area is 302 Å². The van der Waals surface area contributed by atoms with Gasteiger partial charge in [-0.1, -0.05) is 36.4 Å². The van der Waals surface area contributed by atoms with E-state index in [2.05, 4.69) is 29.6 Å². The molecular weight excluding hydrogens is 656 g/mol. The number of para-hydroxylation sites is 2. The number of rotatable bonds is 0. The van der Waals surface area contributed by atoms with E-state index in [4.69, 9.17) is 0 Å². The summed E-state index contributed by atoms with van der Waals surface area (Å²) in [6.45, 7) is 7.94. The molecular formula is C40H44N8O4. The molecule has 4 bridgehead atoms. The summed E-state index contributed by atoms with van der Waals surface area (Å²) in [5, 5.41) is 1.85. The number of piperazine rings is 2. The Morgan fingerprint density at radius 3 is 1.31 bits per heavy atom. The topological polar surface area (TPSA) is 119 Å². The van der Waals surface area contributed by atoms with Gasteiger partial charge in [-0.3, -0.25) is 38.8 Å². The maximum absolute atomic E-state index is 14.0. The molecule has 0 atom stereocenters. The lowest BCUT2D eigenvalue weighted by Gasteiger charge is -2.38. The van der Waals surface area contributed by atoms with Crippen molar-refractivity contribution >= 4 is 56.6 Å². The van der Waals surface area contributed by atoms with E-state index in [-0.39, 0.29) is 23.6 Å². The van der Waals surface area contributed by atoms with Crippen LogP contribution in [0.4, 0.5) is 0 Å². The summed E-state index contributed by atoms with van der Waals surface area (Å²) >= 11 is 0. The summed E-state index contributed by atoms with van der Waals surface area (Å²) in [7, 11) is 3.17. The van der Waals surface area contributed by atoms with Gasteiger partial charge in [0.05, 0.1) is 11.1 Å². The Morgan fingerprint density at radius 1 is 0.481 bits per heavy atom. The van der Waals surface area contributed by atoms with Crippen molar-refractivity contribution in [3.05, 3.63) is 82.4 Å². The lowest BCUT2D eigenvalue weighted by Crippen LogP contribution is -2.49. The van der Waals surface area contributed by atoms with E-state index in [0.29, 0.717) is 68.0 Å². The van der Waals surface area contributed by atoms with E-state index in [1.54, 1.807) is 14.1 Å². The molecule has 4 amide bonds. The van der Waals surface area contributed by atoms with Crippen LogP contribution >= 0.6 is 0 Å². The van der Waals surface area contributed by atoms with Gasteiger partial charge in [-0.25, -0.2) is 0 Å². The highest BCUT2D eigenvalue weighted by Gasteiger charge is 2.43. The van der Waals surface area contributed by atoms with Gasteiger partial charge in [0, 0.05) is 111 Å². The third-order valence-electron chi connectivity index (χ3n) is 11.8. The van der Waals surface area contributed by atoms with E-state index in [0.717, 1.165) is 90.0 Å². The Bertz CT molecular complexity index is 2060. The lowest BCUT2D eigenvalue weighted by molar-refractivity contribution is -0.137. The average Bonchev–Trinajstić information content (AvgIpc) is 3.84. The summed E-state index contributed by atoms with van der Waals surface area (Å²) < 4.78 is 0. The fourth-order valence-electron chi connectivity index (χ4n) is 8.98. The quantitative estimate of drug-likeness (QED) is 0.269. The van der Waals surface area contributed by atoms with E-state index >= 15 is 0 Å². The molecule has 268 valence electrons. The second kappa shape index (κ2) is 12.8. The number of carbonyl (C=O) groups is 4. The number of hydrogen-bond donors (Lipinski definition) is 2. The summed E-state index contributed by atoms with van der Waals surface area (Å²) in [5.74, 6) is -1.03. The normalized spacial score (nSPS) is 23.5. The average molecular weight is 701 g/mol. The van der Waals surface area contributed by atoms with Crippen LogP contribution in [0.5, 0.6) is 0 Å². The number of aromatic amines is 2. The SMILES string of the molecule is CN1C(=O)C2=C(C1=O)N1CCN(CCCN3CCN(CC3)C3=C(C(=O)N(C)C3=O)c3c([nH]c4ccccc34)CCCc3[nH]c4ccccc4c32)CC1. The van der Waals surface area contributed by atoms with Gasteiger partial charge in [0.25, 0.3) is 23.6 Å². The lowest BCUT2D eigenvalue weighted by atomic mass is 9.95. The minimum atomic E-state index is -0.270. The van der Waals surface area contributed by atoms with Crippen molar-refractivity contribution in [1.29, 1.82) is 0 Å². The van der Waals surface area contributed by atoms with Crippen LogP contribution < -0.4 is 0 Å². The predicted molar refractivity (Wildman–Crippen MR) is 199 cm³/mol.